The highest BCUT2D eigenvalue weighted by atomic mass is 16.5. The van der Waals surface area contributed by atoms with Gasteiger partial charge in [0.2, 0.25) is 0 Å². The molecule has 0 spiro atoms. The van der Waals surface area contributed by atoms with Gasteiger partial charge in [0.15, 0.2) is 0 Å². The SMILES string of the molecule is CCc1cc(OC)ccc1C(C)CC(O)CO. The lowest BCUT2D eigenvalue weighted by atomic mass is 9.90. The highest BCUT2D eigenvalue weighted by Crippen LogP contribution is 2.27. The number of hydrogen-bond acceptors (Lipinski definition) is 3. The molecule has 3 nitrogen and oxygen atoms in total. The van der Waals surface area contributed by atoms with Gasteiger partial charge in [-0.2, -0.15) is 0 Å². The lowest BCUT2D eigenvalue weighted by Crippen LogP contribution is -2.15. The van der Waals surface area contributed by atoms with Gasteiger partial charge < -0.3 is 14.9 Å². The van der Waals surface area contributed by atoms with Gasteiger partial charge in [-0.1, -0.05) is 19.9 Å². The number of rotatable bonds is 6. The van der Waals surface area contributed by atoms with Crippen LogP contribution in [0.15, 0.2) is 18.2 Å². The van der Waals surface area contributed by atoms with Gasteiger partial charge in [-0.05, 0) is 42.0 Å². The zero-order valence-electron chi connectivity index (χ0n) is 10.8. The molecule has 1 aromatic rings. The number of aliphatic hydroxyl groups excluding tert-OH is 2. The Morgan fingerprint density at radius 2 is 2.06 bits per heavy atom. The molecule has 0 radical (unpaired) electrons. The Labute approximate surface area is 103 Å². The van der Waals surface area contributed by atoms with Crippen LogP contribution in [-0.2, 0) is 6.42 Å². The minimum Gasteiger partial charge on any atom is -0.497 e. The first-order chi connectivity index (χ1) is 8.12. The lowest BCUT2D eigenvalue weighted by molar-refractivity contribution is 0.0834. The number of hydrogen-bond donors (Lipinski definition) is 2. The highest BCUT2D eigenvalue weighted by Gasteiger charge is 2.14. The zero-order chi connectivity index (χ0) is 12.8. The summed E-state index contributed by atoms with van der Waals surface area (Å²) in [4.78, 5) is 0. The van der Waals surface area contributed by atoms with Gasteiger partial charge in [0.1, 0.15) is 5.75 Å². The highest BCUT2D eigenvalue weighted by molar-refractivity contribution is 5.37. The van der Waals surface area contributed by atoms with Crippen molar-refractivity contribution in [2.45, 2.75) is 38.7 Å². The predicted octanol–water partition coefficient (Wildman–Crippen LogP) is 2.10. The fourth-order valence-corrected chi connectivity index (χ4v) is 2.11. The monoisotopic (exact) mass is 238 g/mol. The zero-order valence-corrected chi connectivity index (χ0v) is 10.8. The fraction of sp³-hybridized carbons (Fsp3) is 0.571. The van der Waals surface area contributed by atoms with Crippen molar-refractivity contribution in [2.75, 3.05) is 13.7 Å². The van der Waals surface area contributed by atoms with E-state index in [0.29, 0.717) is 6.42 Å². The minimum atomic E-state index is -0.642. The maximum Gasteiger partial charge on any atom is 0.119 e. The minimum absolute atomic E-state index is 0.179. The van der Waals surface area contributed by atoms with Crippen LogP contribution in [0.4, 0.5) is 0 Å². The van der Waals surface area contributed by atoms with Crippen LogP contribution in [0.2, 0.25) is 0 Å². The molecule has 3 heteroatoms. The van der Waals surface area contributed by atoms with Gasteiger partial charge in [0.05, 0.1) is 19.8 Å². The van der Waals surface area contributed by atoms with Crippen LogP contribution in [0.25, 0.3) is 0 Å². The van der Waals surface area contributed by atoms with Crippen LogP contribution in [0.5, 0.6) is 5.75 Å². The Bertz CT molecular complexity index is 349. The average molecular weight is 238 g/mol. The molecule has 0 aromatic heterocycles. The summed E-state index contributed by atoms with van der Waals surface area (Å²) in [5.74, 6) is 1.10. The number of aliphatic hydroxyl groups is 2. The van der Waals surface area contributed by atoms with Gasteiger partial charge in [-0.3, -0.25) is 0 Å². The topological polar surface area (TPSA) is 49.7 Å². The van der Waals surface area contributed by atoms with E-state index in [0.717, 1.165) is 12.2 Å². The molecule has 0 aliphatic carbocycles. The Kier molecular flexibility index (Phi) is 5.45. The molecule has 0 aliphatic rings. The molecule has 0 amide bonds. The van der Waals surface area contributed by atoms with Crippen molar-refractivity contribution >= 4 is 0 Å². The second kappa shape index (κ2) is 6.62. The molecule has 0 saturated heterocycles. The Balaban J connectivity index is 2.88. The Morgan fingerprint density at radius 1 is 1.35 bits per heavy atom. The first kappa shape index (κ1) is 14.0. The molecule has 2 N–H and O–H groups in total. The largest absolute Gasteiger partial charge is 0.497 e. The second-order valence-corrected chi connectivity index (χ2v) is 4.39. The fourth-order valence-electron chi connectivity index (χ4n) is 2.11. The van der Waals surface area contributed by atoms with Crippen molar-refractivity contribution in [3.63, 3.8) is 0 Å². The molecule has 1 rings (SSSR count). The van der Waals surface area contributed by atoms with E-state index in [1.54, 1.807) is 7.11 Å². The van der Waals surface area contributed by atoms with E-state index in [2.05, 4.69) is 13.8 Å². The van der Waals surface area contributed by atoms with Gasteiger partial charge in [0, 0.05) is 0 Å². The van der Waals surface area contributed by atoms with Crippen LogP contribution in [0.1, 0.15) is 37.3 Å². The molecule has 1 aromatic carbocycles. The molecular weight excluding hydrogens is 216 g/mol. The van der Waals surface area contributed by atoms with E-state index in [-0.39, 0.29) is 12.5 Å². The van der Waals surface area contributed by atoms with Crippen LogP contribution in [-0.4, -0.2) is 30.0 Å². The third-order valence-corrected chi connectivity index (χ3v) is 3.10. The maximum atomic E-state index is 9.48. The van der Waals surface area contributed by atoms with Crippen molar-refractivity contribution in [3.8, 4) is 5.75 Å². The molecule has 0 saturated carbocycles. The van der Waals surface area contributed by atoms with Crippen molar-refractivity contribution in [1.82, 2.24) is 0 Å². The summed E-state index contributed by atoms with van der Waals surface area (Å²) in [5, 5.41) is 18.3. The van der Waals surface area contributed by atoms with E-state index in [4.69, 9.17) is 9.84 Å². The summed E-state index contributed by atoms with van der Waals surface area (Å²) >= 11 is 0. The van der Waals surface area contributed by atoms with Gasteiger partial charge in [0.25, 0.3) is 0 Å². The second-order valence-electron chi connectivity index (χ2n) is 4.39. The maximum absolute atomic E-state index is 9.48. The van der Waals surface area contributed by atoms with E-state index < -0.39 is 6.10 Å². The molecule has 0 fully saturated rings. The van der Waals surface area contributed by atoms with Gasteiger partial charge >= 0.3 is 0 Å². The first-order valence-electron chi connectivity index (χ1n) is 6.08. The number of aryl methyl sites for hydroxylation is 1. The van der Waals surface area contributed by atoms with Crippen molar-refractivity contribution < 1.29 is 14.9 Å². The number of ether oxygens (including phenoxy) is 1. The summed E-state index contributed by atoms with van der Waals surface area (Å²) in [6.45, 7) is 4.00. The van der Waals surface area contributed by atoms with Crippen LogP contribution in [0.3, 0.4) is 0 Å². The van der Waals surface area contributed by atoms with E-state index in [1.165, 1.54) is 11.1 Å². The number of methoxy groups -OCH3 is 1. The molecule has 2 unspecified atom stereocenters. The van der Waals surface area contributed by atoms with Crippen LogP contribution >= 0.6 is 0 Å². The summed E-state index contributed by atoms with van der Waals surface area (Å²) in [6.07, 6.45) is 0.874. The molecule has 0 bridgehead atoms. The molecule has 0 heterocycles. The van der Waals surface area contributed by atoms with Crippen LogP contribution < -0.4 is 4.74 Å². The Hall–Kier alpha value is -1.06. The molecule has 96 valence electrons. The van der Waals surface area contributed by atoms with E-state index >= 15 is 0 Å². The first-order valence-corrected chi connectivity index (χ1v) is 6.08. The predicted molar refractivity (Wildman–Crippen MR) is 68.5 cm³/mol. The quantitative estimate of drug-likeness (QED) is 0.798. The normalized spacial score (nSPS) is 14.4. The molecular formula is C14H22O3. The van der Waals surface area contributed by atoms with Crippen molar-refractivity contribution in [3.05, 3.63) is 29.3 Å². The smallest absolute Gasteiger partial charge is 0.119 e. The average Bonchev–Trinajstić information content (AvgIpc) is 2.37. The summed E-state index contributed by atoms with van der Waals surface area (Å²) in [5.41, 5.74) is 2.46. The van der Waals surface area contributed by atoms with Crippen LogP contribution in [0, 0.1) is 0 Å². The lowest BCUT2D eigenvalue weighted by Gasteiger charge is -2.19. The van der Waals surface area contributed by atoms with Gasteiger partial charge in [-0.25, -0.2) is 0 Å². The van der Waals surface area contributed by atoms with Gasteiger partial charge in [-0.15, -0.1) is 0 Å². The standard InChI is InChI=1S/C14H22O3/c1-4-11-8-13(17-3)5-6-14(11)10(2)7-12(16)9-15/h5-6,8,10,12,15-16H,4,7,9H2,1-3H3. The third-order valence-electron chi connectivity index (χ3n) is 3.10. The summed E-state index contributed by atoms with van der Waals surface area (Å²) in [6, 6.07) is 6.03. The Morgan fingerprint density at radius 3 is 2.59 bits per heavy atom. The van der Waals surface area contributed by atoms with E-state index in [1.807, 2.05) is 18.2 Å². The van der Waals surface area contributed by atoms with Crippen molar-refractivity contribution in [1.29, 1.82) is 0 Å². The summed E-state index contributed by atoms with van der Waals surface area (Å²) in [7, 11) is 1.66. The molecule has 17 heavy (non-hydrogen) atoms. The third kappa shape index (κ3) is 3.72. The van der Waals surface area contributed by atoms with Crippen molar-refractivity contribution in [2.24, 2.45) is 0 Å². The molecule has 2 atom stereocenters. The molecule has 0 aliphatic heterocycles. The summed E-state index contributed by atoms with van der Waals surface area (Å²) < 4.78 is 5.20. The van der Waals surface area contributed by atoms with E-state index in [9.17, 15) is 5.11 Å². The number of benzene rings is 1.